The summed E-state index contributed by atoms with van der Waals surface area (Å²) in [5.74, 6) is 0.128. The van der Waals surface area contributed by atoms with Crippen molar-refractivity contribution < 1.29 is 14.7 Å². The molecule has 3 N–H and O–H groups in total. The minimum Gasteiger partial charge on any atom is -0.390 e. The summed E-state index contributed by atoms with van der Waals surface area (Å²) in [5.41, 5.74) is 2.96. The zero-order valence-corrected chi connectivity index (χ0v) is 15.7. The van der Waals surface area contributed by atoms with Gasteiger partial charge in [0.2, 0.25) is 5.91 Å². The molecule has 2 aliphatic rings. The van der Waals surface area contributed by atoms with Gasteiger partial charge >= 0.3 is 6.03 Å². The molecular weight excluding hydrogens is 354 g/mol. The van der Waals surface area contributed by atoms with Crippen molar-refractivity contribution in [3.63, 3.8) is 0 Å². The Morgan fingerprint density at radius 1 is 1.14 bits per heavy atom. The lowest BCUT2D eigenvalue weighted by Crippen LogP contribution is -2.45. The molecule has 0 spiro atoms. The van der Waals surface area contributed by atoms with Crippen molar-refractivity contribution in [2.75, 3.05) is 13.1 Å². The van der Waals surface area contributed by atoms with Crippen LogP contribution in [0.15, 0.2) is 54.6 Å². The highest BCUT2D eigenvalue weighted by Gasteiger charge is 2.33. The summed E-state index contributed by atoms with van der Waals surface area (Å²) in [5, 5.41) is 16.3. The lowest BCUT2D eigenvalue weighted by molar-refractivity contribution is -0.128. The van der Waals surface area contributed by atoms with Gasteiger partial charge in [-0.05, 0) is 23.1 Å². The molecule has 0 radical (unpaired) electrons. The van der Waals surface area contributed by atoms with Gasteiger partial charge in [-0.1, -0.05) is 54.6 Å². The first-order valence-corrected chi connectivity index (χ1v) is 9.77. The predicted octanol–water partition coefficient (Wildman–Crippen LogP) is 2.31. The SMILES string of the molecule is O=C(NC(CN1CCCC1=O)c1ccccc1)N[C@H]1c2ccccc2C[C@H]1O. The molecule has 1 unspecified atom stereocenters. The van der Waals surface area contributed by atoms with Crippen molar-refractivity contribution >= 4 is 11.9 Å². The van der Waals surface area contributed by atoms with E-state index in [0.717, 1.165) is 29.7 Å². The average molecular weight is 379 g/mol. The molecule has 1 fully saturated rings. The monoisotopic (exact) mass is 379 g/mol. The van der Waals surface area contributed by atoms with Gasteiger partial charge in [0.05, 0.1) is 18.2 Å². The van der Waals surface area contributed by atoms with Gasteiger partial charge in [-0.2, -0.15) is 0 Å². The van der Waals surface area contributed by atoms with E-state index in [1.54, 1.807) is 4.90 Å². The Morgan fingerprint density at radius 2 is 1.89 bits per heavy atom. The molecule has 0 bridgehead atoms. The third-order valence-electron chi connectivity index (χ3n) is 5.57. The number of nitrogens with zero attached hydrogens (tertiary/aromatic N) is 1. The maximum atomic E-state index is 12.8. The van der Waals surface area contributed by atoms with Crippen LogP contribution in [0.25, 0.3) is 0 Å². The minimum atomic E-state index is -0.640. The van der Waals surface area contributed by atoms with E-state index in [1.165, 1.54) is 0 Å². The second-order valence-corrected chi connectivity index (χ2v) is 7.47. The van der Waals surface area contributed by atoms with E-state index in [4.69, 9.17) is 0 Å². The number of rotatable bonds is 5. The van der Waals surface area contributed by atoms with Gasteiger partial charge in [0, 0.05) is 25.9 Å². The van der Waals surface area contributed by atoms with Gasteiger partial charge in [0.25, 0.3) is 0 Å². The van der Waals surface area contributed by atoms with Gasteiger partial charge < -0.3 is 20.6 Å². The number of nitrogens with one attached hydrogen (secondary N) is 2. The van der Waals surface area contributed by atoms with Gasteiger partial charge in [-0.15, -0.1) is 0 Å². The van der Waals surface area contributed by atoms with E-state index in [2.05, 4.69) is 10.6 Å². The Labute approximate surface area is 164 Å². The number of likely N-dealkylation sites (tertiary alicyclic amines) is 1. The van der Waals surface area contributed by atoms with Crippen LogP contribution in [0.1, 0.15) is 41.6 Å². The zero-order valence-electron chi connectivity index (χ0n) is 15.7. The highest BCUT2D eigenvalue weighted by atomic mass is 16.3. The molecular formula is C22H25N3O3. The summed E-state index contributed by atoms with van der Waals surface area (Å²) in [6, 6.07) is 16.3. The quantitative estimate of drug-likeness (QED) is 0.746. The fraction of sp³-hybridized carbons (Fsp3) is 0.364. The number of urea groups is 1. The Balaban J connectivity index is 1.47. The topological polar surface area (TPSA) is 81.7 Å². The number of aliphatic hydroxyl groups excluding tert-OH is 1. The van der Waals surface area contributed by atoms with E-state index >= 15 is 0 Å². The van der Waals surface area contributed by atoms with Gasteiger partial charge in [0.15, 0.2) is 0 Å². The molecule has 2 aromatic carbocycles. The molecule has 3 atom stereocenters. The van der Waals surface area contributed by atoms with Crippen molar-refractivity contribution in [3.05, 3.63) is 71.3 Å². The largest absolute Gasteiger partial charge is 0.390 e. The molecule has 1 aliphatic heterocycles. The normalized spacial score (nSPS) is 22.0. The van der Waals surface area contributed by atoms with Crippen molar-refractivity contribution in [2.45, 2.75) is 37.5 Å². The minimum absolute atomic E-state index is 0.128. The molecule has 0 aromatic heterocycles. The van der Waals surface area contributed by atoms with E-state index in [9.17, 15) is 14.7 Å². The Kier molecular flexibility index (Phi) is 5.30. The van der Waals surface area contributed by atoms with Gasteiger partial charge in [-0.25, -0.2) is 4.79 Å². The Hall–Kier alpha value is -2.86. The van der Waals surface area contributed by atoms with Crippen LogP contribution in [-0.2, 0) is 11.2 Å². The summed E-state index contributed by atoms with van der Waals surface area (Å²) in [6.45, 7) is 1.17. The fourth-order valence-corrected chi connectivity index (χ4v) is 4.13. The lowest BCUT2D eigenvalue weighted by Gasteiger charge is -2.26. The van der Waals surface area contributed by atoms with Crippen molar-refractivity contribution in [3.8, 4) is 0 Å². The number of carbonyl (C=O) groups excluding carboxylic acids is 2. The molecule has 1 heterocycles. The number of hydrogen-bond donors (Lipinski definition) is 3. The highest BCUT2D eigenvalue weighted by molar-refractivity contribution is 5.78. The molecule has 3 amide bonds. The maximum absolute atomic E-state index is 12.8. The van der Waals surface area contributed by atoms with Crippen LogP contribution in [-0.4, -0.2) is 41.1 Å². The highest BCUT2D eigenvalue weighted by Crippen LogP contribution is 2.31. The van der Waals surface area contributed by atoms with Crippen LogP contribution < -0.4 is 10.6 Å². The van der Waals surface area contributed by atoms with Crippen LogP contribution in [0.3, 0.4) is 0 Å². The molecule has 146 valence electrons. The number of aliphatic hydroxyl groups is 1. The molecule has 28 heavy (non-hydrogen) atoms. The summed E-state index contributed by atoms with van der Waals surface area (Å²) in [7, 11) is 0. The second kappa shape index (κ2) is 8.02. The average Bonchev–Trinajstić information content (AvgIpc) is 3.25. The standard InChI is InChI=1S/C22H25N3O3/c26-19-13-16-9-4-5-10-17(16)21(19)24-22(28)23-18(15-7-2-1-3-8-15)14-25-12-6-11-20(25)27/h1-5,7-10,18-19,21,26H,6,11-14H2,(H2,23,24,28)/t18?,19-,21+/m1/s1. The second-order valence-electron chi connectivity index (χ2n) is 7.47. The molecule has 6 heteroatoms. The Morgan fingerprint density at radius 3 is 2.64 bits per heavy atom. The molecule has 6 nitrogen and oxygen atoms in total. The lowest BCUT2D eigenvalue weighted by atomic mass is 10.1. The van der Waals surface area contributed by atoms with Crippen LogP contribution in [0, 0.1) is 0 Å². The molecule has 1 aliphatic carbocycles. The molecule has 2 aromatic rings. The first kappa shape index (κ1) is 18.5. The van der Waals surface area contributed by atoms with Crippen molar-refractivity contribution in [1.82, 2.24) is 15.5 Å². The van der Waals surface area contributed by atoms with Crippen LogP contribution in [0.5, 0.6) is 0 Å². The molecule has 0 saturated carbocycles. The van der Waals surface area contributed by atoms with E-state index in [-0.39, 0.29) is 18.0 Å². The number of fused-ring (bicyclic) bond motifs is 1. The summed E-state index contributed by atoms with van der Waals surface area (Å²) >= 11 is 0. The third kappa shape index (κ3) is 3.87. The maximum Gasteiger partial charge on any atom is 0.315 e. The fourth-order valence-electron chi connectivity index (χ4n) is 4.13. The van der Waals surface area contributed by atoms with Crippen LogP contribution >= 0.6 is 0 Å². The zero-order chi connectivity index (χ0) is 19.5. The van der Waals surface area contributed by atoms with Gasteiger partial charge in [-0.3, -0.25) is 4.79 Å². The number of hydrogen-bond acceptors (Lipinski definition) is 3. The first-order valence-electron chi connectivity index (χ1n) is 9.77. The number of benzene rings is 2. The van der Waals surface area contributed by atoms with E-state index < -0.39 is 12.1 Å². The first-order chi connectivity index (χ1) is 13.6. The van der Waals surface area contributed by atoms with Crippen LogP contribution in [0.4, 0.5) is 4.79 Å². The van der Waals surface area contributed by atoms with Crippen molar-refractivity contribution in [1.29, 1.82) is 0 Å². The van der Waals surface area contributed by atoms with Gasteiger partial charge in [0.1, 0.15) is 0 Å². The molecule has 4 rings (SSSR count). The number of carbonyl (C=O) groups is 2. The third-order valence-corrected chi connectivity index (χ3v) is 5.57. The summed E-state index contributed by atoms with van der Waals surface area (Å²) < 4.78 is 0. The summed E-state index contributed by atoms with van der Waals surface area (Å²) in [4.78, 5) is 26.6. The van der Waals surface area contributed by atoms with E-state index in [0.29, 0.717) is 19.4 Å². The predicted molar refractivity (Wildman–Crippen MR) is 106 cm³/mol. The molecule has 1 saturated heterocycles. The van der Waals surface area contributed by atoms with Crippen LogP contribution in [0.2, 0.25) is 0 Å². The summed E-state index contributed by atoms with van der Waals surface area (Å²) in [6.07, 6.45) is 1.32. The number of amides is 3. The Bertz CT molecular complexity index is 855. The smallest absolute Gasteiger partial charge is 0.315 e. The van der Waals surface area contributed by atoms with Crippen molar-refractivity contribution in [2.24, 2.45) is 0 Å². The van der Waals surface area contributed by atoms with E-state index in [1.807, 2.05) is 54.6 Å².